The summed E-state index contributed by atoms with van der Waals surface area (Å²) in [7, 11) is 0. The van der Waals surface area contributed by atoms with Crippen LogP contribution in [-0.2, 0) is 11.2 Å². The molecule has 0 bridgehead atoms. The molecule has 0 saturated heterocycles. The minimum Gasteiger partial charge on any atom is -0.368 e. The molecular weight excluding hydrogens is 404 g/mol. The molecule has 0 fully saturated rings. The highest BCUT2D eigenvalue weighted by Gasteiger charge is 2.24. The van der Waals surface area contributed by atoms with Crippen LogP contribution in [0.4, 0.5) is 10.9 Å². The molecule has 1 atom stereocenters. The molecule has 1 aromatic carbocycles. The Morgan fingerprint density at radius 2 is 2.07 bits per heavy atom. The Morgan fingerprint density at radius 3 is 2.76 bits per heavy atom. The van der Waals surface area contributed by atoms with Crippen LogP contribution in [0.1, 0.15) is 34.5 Å². The molecule has 150 valence electrons. The van der Waals surface area contributed by atoms with E-state index in [1.807, 2.05) is 32.0 Å². The average molecular weight is 427 g/mol. The summed E-state index contributed by atoms with van der Waals surface area (Å²) in [5.41, 5.74) is 8.61. The van der Waals surface area contributed by atoms with Crippen LogP contribution >= 0.6 is 23.1 Å². The van der Waals surface area contributed by atoms with Gasteiger partial charge in [0.1, 0.15) is 17.1 Å². The lowest BCUT2D eigenvalue weighted by atomic mass is 10.2. The van der Waals surface area contributed by atoms with E-state index in [4.69, 9.17) is 5.73 Å². The number of amides is 1. The molecule has 0 radical (unpaired) electrons. The first-order valence-corrected chi connectivity index (χ1v) is 10.9. The van der Waals surface area contributed by atoms with Crippen LogP contribution in [0.3, 0.4) is 0 Å². The van der Waals surface area contributed by atoms with Crippen molar-refractivity contribution in [1.29, 1.82) is 5.26 Å². The first kappa shape index (κ1) is 20.9. The van der Waals surface area contributed by atoms with Gasteiger partial charge in [0.25, 0.3) is 0 Å². The second-order valence-corrected chi connectivity index (χ2v) is 8.85. The number of carbonyl (C=O) groups is 1. The zero-order valence-electron chi connectivity index (χ0n) is 16.5. The minimum absolute atomic E-state index is 0.189. The number of nitrogens with zero attached hydrogens (tertiary/aromatic N) is 4. The van der Waals surface area contributed by atoms with E-state index in [2.05, 4.69) is 33.7 Å². The fourth-order valence-corrected chi connectivity index (χ4v) is 4.86. The van der Waals surface area contributed by atoms with Gasteiger partial charge in [-0.05, 0) is 38.3 Å². The quantitative estimate of drug-likeness (QED) is 0.554. The highest BCUT2D eigenvalue weighted by atomic mass is 32.2. The van der Waals surface area contributed by atoms with Gasteiger partial charge in [0.15, 0.2) is 5.16 Å². The molecule has 2 heterocycles. The number of nitrogens with one attached hydrogen (secondary N) is 1. The van der Waals surface area contributed by atoms with Crippen LogP contribution in [0, 0.1) is 25.2 Å². The van der Waals surface area contributed by atoms with E-state index in [-0.39, 0.29) is 11.9 Å². The molecule has 0 aliphatic carbocycles. The summed E-state index contributed by atoms with van der Waals surface area (Å²) in [5, 5.41) is 21.5. The van der Waals surface area contributed by atoms with E-state index in [9.17, 15) is 10.1 Å². The number of thiophene rings is 1. The van der Waals surface area contributed by atoms with Gasteiger partial charge in [-0.25, -0.2) is 0 Å². The molecule has 3 aromatic rings. The van der Waals surface area contributed by atoms with Crippen LogP contribution in [-0.4, -0.2) is 26.4 Å². The maximum Gasteiger partial charge on any atom is 0.248 e. The summed E-state index contributed by atoms with van der Waals surface area (Å²) < 4.78 is 1.63. The topological polar surface area (TPSA) is 110 Å². The molecule has 3 rings (SSSR count). The summed E-state index contributed by atoms with van der Waals surface area (Å²) in [5.74, 6) is 0.714. The highest BCUT2D eigenvalue weighted by molar-refractivity contribution is 7.99. The summed E-state index contributed by atoms with van der Waals surface area (Å²) >= 11 is 2.91. The predicted octanol–water partition coefficient (Wildman–Crippen LogP) is 3.94. The highest BCUT2D eigenvalue weighted by Crippen LogP contribution is 2.32. The van der Waals surface area contributed by atoms with E-state index in [0.717, 1.165) is 22.6 Å². The molecule has 0 aliphatic rings. The summed E-state index contributed by atoms with van der Waals surface area (Å²) in [6.45, 7) is 5.55. The van der Waals surface area contributed by atoms with Crippen LogP contribution in [0.2, 0.25) is 0 Å². The lowest BCUT2D eigenvalue weighted by Crippen LogP contribution is -2.25. The minimum atomic E-state index is -0.613. The van der Waals surface area contributed by atoms with Crippen LogP contribution < -0.4 is 11.1 Å². The van der Waals surface area contributed by atoms with E-state index >= 15 is 0 Å². The van der Waals surface area contributed by atoms with Crippen LogP contribution in [0.25, 0.3) is 0 Å². The lowest BCUT2D eigenvalue weighted by Gasteiger charge is -2.16. The molecule has 2 aromatic heterocycles. The van der Waals surface area contributed by atoms with Crippen LogP contribution in [0.5, 0.6) is 0 Å². The van der Waals surface area contributed by atoms with E-state index in [0.29, 0.717) is 15.7 Å². The third-order valence-electron chi connectivity index (χ3n) is 4.66. The van der Waals surface area contributed by atoms with Crippen molar-refractivity contribution < 1.29 is 4.79 Å². The number of nitrogen functional groups attached to an aromatic ring is 1. The van der Waals surface area contributed by atoms with Crippen molar-refractivity contribution in [2.45, 2.75) is 38.4 Å². The van der Waals surface area contributed by atoms with Crippen molar-refractivity contribution in [3.63, 3.8) is 0 Å². The smallest absolute Gasteiger partial charge is 0.248 e. The molecule has 0 saturated carbocycles. The third kappa shape index (κ3) is 4.60. The van der Waals surface area contributed by atoms with Gasteiger partial charge in [0.05, 0.1) is 5.56 Å². The summed E-state index contributed by atoms with van der Waals surface area (Å²) in [4.78, 5) is 13.8. The maximum atomic E-state index is 12.8. The number of nitrogens with two attached hydrogens (primary N) is 1. The number of hydrogen-bond acceptors (Lipinski definition) is 7. The van der Waals surface area contributed by atoms with Crippen molar-refractivity contribution in [2.24, 2.45) is 0 Å². The lowest BCUT2D eigenvalue weighted by molar-refractivity contribution is -0.118. The van der Waals surface area contributed by atoms with Gasteiger partial charge >= 0.3 is 0 Å². The average Bonchev–Trinajstić information content (AvgIpc) is 3.21. The predicted molar refractivity (Wildman–Crippen MR) is 117 cm³/mol. The number of aryl methyl sites for hydroxylation is 2. The Hall–Kier alpha value is -2.83. The monoisotopic (exact) mass is 426 g/mol. The van der Waals surface area contributed by atoms with Crippen molar-refractivity contribution in [3.05, 3.63) is 51.9 Å². The van der Waals surface area contributed by atoms with Gasteiger partial charge in [-0.2, -0.15) is 5.26 Å². The molecular formula is C20H22N6OS2. The molecule has 7 nitrogen and oxygen atoms in total. The molecule has 0 aliphatic heterocycles. The zero-order chi connectivity index (χ0) is 21.0. The number of carbonyl (C=O) groups excluding carboxylic acids is 1. The Kier molecular flexibility index (Phi) is 6.56. The third-order valence-corrected chi connectivity index (χ3v) is 6.72. The van der Waals surface area contributed by atoms with Gasteiger partial charge in [-0.15, -0.1) is 21.5 Å². The Labute approximate surface area is 177 Å². The first-order valence-electron chi connectivity index (χ1n) is 9.10. The normalized spacial score (nSPS) is 11.8. The molecule has 0 spiro atoms. The van der Waals surface area contributed by atoms with Gasteiger partial charge in [0.2, 0.25) is 11.9 Å². The number of benzene rings is 1. The molecule has 29 heavy (non-hydrogen) atoms. The van der Waals surface area contributed by atoms with E-state index in [1.165, 1.54) is 28.7 Å². The fourth-order valence-electron chi connectivity index (χ4n) is 2.84. The Morgan fingerprint density at radius 1 is 1.34 bits per heavy atom. The fraction of sp³-hybridized carbons (Fsp3) is 0.300. The second-order valence-electron chi connectivity index (χ2n) is 6.56. The number of aromatic nitrogens is 3. The van der Waals surface area contributed by atoms with Crippen molar-refractivity contribution in [3.8, 4) is 6.07 Å². The Balaban J connectivity index is 1.71. The van der Waals surface area contributed by atoms with Crippen molar-refractivity contribution >= 4 is 40.0 Å². The van der Waals surface area contributed by atoms with Gasteiger partial charge in [-0.3, -0.25) is 9.36 Å². The number of rotatable bonds is 7. The number of hydrogen-bond donors (Lipinski definition) is 2. The summed E-state index contributed by atoms with van der Waals surface area (Å²) in [6, 6.07) is 11.7. The SMILES string of the molecule is Cc1sc(NC(=O)C(C)n2c(N)nnc2SCCc2ccccc2)c(C#N)c1C. The number of thioether (sulfide) groups is 1. The molecule has 1 unspecified atom stereocenters. The number of nitriles is 1. The maximum absolute atomic E-state index is 12.8. The summed E-state index contributed by atoms with van der Waals surface area (Å²) in [6.07, 6.45) is 0.873. The second kappa shape index (κ2) is 9.11. The van der Waals surface area contributed by atoms with Crippen LogP contribution in [0.15, 0.2) is 35.5 Å². The van der Waals surface area contributed by atoms with Gasteiger partial charge in [-0.1, -0.05) is 42.1 Å². The molecule has 3 N–H and O–H groups in total. The van der Waals surface area contributed by atoms with Crippen molar-refractivity contribution in [2.75, 3.05) is 16.8 Å². The first-order chi connectivity index (χ1) is 13.9. The molecule has 9 heteroatoms. The Bertz CT molecular complexity index is 1050. The zero-order valence-corrected chi connectivity index (χ0v) is 18.1. The van der Waals surface area contributed by atoms with Gasteiger partial charge in [0, 0.05) is 10.6 Å². The van der Waals surface area contributed by atoms with E-state index < -0.39 is 6.04 Å². The largest absolute Gasteiger partial charge is 0.368 e. The number of anilines is 2. The standard InChI is InChI=1S/C20H22N6OS2/c1-12-14(3)29-18(16(12)11-21)23-17(27)13(2)26-19(22)24-25-20(26)28-10-9-15-7-5-4-6-8-15/h4-8,13H,9-10H2,1-3H3,(H2,22,24)(H,23,27). The molecule has 1 amide bonds. The van der Waals surface area contributed by atoms with Crippen molar-refractivity contribution in [1.82, 2.24) is 14.8 Å². The van der Waals surface area contributed by atoms with E-state index in [1.54, 1.807) is 11.5 Å². The van der Waals surface area contributed by atoms with Gasteiger partial charge < -0.3 is 11.1 Å².